The first-order valence-electron chi connectivity index (χ1n) is 5.61. The molecule has 0 aliphatic carbocycles. The third kappa shape index (κ3) is 3.35. The molecule has 0 heterocycles. The zero-order chi connectivity index (χ0) is 12.8. The standard InChI is InChI=1S/C15H12BrNO/c16-14-7-6-12(8-9-17)10-15(14)18-11-13-4-2-1-3-5-13/h1-7,10H,8,11H2. The summed E-state index contributed by atoms with van der Waals surface area (Å²) in [5.41, 5.74) is 2.08. The Morgan fingerprint density at radius 1 is 1.06 bits per heavy atom. The monoisotopic (exact) mass is 301 g/mol. The van der Waals surface area contributed by atoms with Crippen molar-refractivity contribution in [3.63, 3.8) is 0 Å². The minimum absolute atomic E-state index is 0.398. The van der Waals surface area contributed by atoms with Gasteiger partial charge in [0.2, 0.25) is 0 Å². The van der Waals surface area contributed by atoms with Crippen molar-refractivity contribution < 1.29 is 4.74 Å². The van der Waals surface area contributed by atoms with Gasteiger partial charge in [-0.05, 0) is 39.2 Å². The maximum absolute atomic E-state index is 8.69. The van der Waals surface area contributed by atoms with Gasteiger partial charge in [-0.15, -0.1) is 0 Å². The molecule has 2 aromatic carbocycles. The molecule has 0 aliphatic rings. The Hall–Kier alpha value is -1.79. The smallest absolute Gasteiger partial charge is 0.134 e. The van der Waals surface area contributed by atoms with E-state index in [1.807, 2.05) is 48.5 Å². The first-order chi connectivity index (χ1) is 8.79. The average molecular weight is 302 g/mol. The molecule has 0 atom stereocenters. The van der Waals surface area contributed by atoms with E-state index in [1.165, 1.54) is 0 Å². The topological polar surface area (TPSA) is 33.0 Å². The molecular formula is C15H12BrNO. The van der Waals surface area contributed by atoms with Gasteiger partial charge in [0, 0.05) is 0 Å². The molecule has 2 aromatic rings. The Labute approximate surface area is 115 Å². The number of rotatable bonds is 4. The molecule has 0 bridgehead atoms. The van der Waals surface area contributed by atoms with Crippen LogP contribution in [0.2, 0.25) is 0 Å². The highest BCUT2D eigenvalue weighted by atomic mass is 79.9. The van der Waals surface area contributed by atoms with Gasteiger partial charge in [0.05, 0.1) is 17.0 Å². The lowest BCUT2D eigenvalue weighted by atomic mass is 10.1. The molecule has 0 radical (unpaired) electrons. The molecule has 0 saturated heterocycles. The fourth-order valence-electron chi connectivity index (χ4n) is 1.59. The molecule has 0 amide bonds. The van der Waals surface area contributed by atoms with Crippen LogP contribution >= 0.6 is 15.9 Å². The summed E-state index contributed by atoms with van der Waals surface area (Å²) >= 11 is 3.45. The van der Waals surface area contributed by atoms with Crippen LogP contribution in [-0.2, 0) is 13.0 Å². The molecule has 0 spiro atoms. The lowest BCUT2D eigenvalue weighted by Crippen LogP contribution is -1.96. The van der Waals surface area contributed by atoms with Gasteiger partial charge in [0.25, 0.3) is 0 Å². The molecule has 2 nitrogen and oxygen atoms in total. The number of nitrogens with zero attached hydrogens (tertiary/aromatic N) is 1. The van der Waals surface area contributed by atoms with Crippen molar-refractivity contribution in [3.05, 3.63) is 64.1 Å². The van der Waals surface area contributed by atoms with Crippen molar-refractivity contribution in [1.82, 2.24) is 0 Å². The van der Waals surface area contributed by atoms with Crippen LogP contribution < -0.4 is 4.74 Å². The first kappa shape index (κ1) is 12.7. The molecule has 0 aromatic heterocycles. The SMILES string of the molecule is N#CCc1ccc(Br)c(OCc2ccccc2)c1. The van der Waals surface area contributed by atoms with Crippen LogP contribution in [0.15, 0.2) is 53.0 Å². The second-order valence-electron chi connectivity index (χ2n) is 3.87. The molecule has 2 rings (SSSR count). The van der Waals surface area contributed by atoms with E-state index in [9.17, 15) is 0 Å². The van der Waals surface area contributed by atoms with Gasteiger partial charge in [0.15, 0.2) is 0 Å². The fourth-order valence-corrected chi connectivity index (χ4v) is 1.96. The van der Waals surface area contributed by atoms with Gasteiger partial charge in [-0.3, -0.25) is 0 Å². The summed E-state index contributed by atoms with van der Waals surface area (Å²) in [6.07, 6.45) is 0.398. The number of hydrogen-bond acceptors (Lipinski definition) is 2. The van der Waals surface area contributed by atoms with E-state index in [1.54, 1.807) is 0 Å². The molecular weight excluding hydrogens is 290 g/mol. The summed E-state index contributed by atoms with van der Waals surface area (Å²) in [6, 6.07) is 17.9. The highest BCUT2D eigenvalue weighted by molar-refractivity contribution is 9.10. The number of nitriles is 1. The summed E-state index contributed by atoms with van der Waals surface area (Å²) in [5.74, 6) is 0.770. The molecule has 90 valence electrons. The van der Waals surface area contributed by atoms with Crippen molar-refractivity contribution in [2.24, 2.45) is 0 Å². The van der Waals surface area contributed by atoms with Crippen molar-refractivity contribution in [1.29, 1.82) is 5.26 Å². The second-order valence-corrected chi connectivity index (χ2v) is 4.73. The van der Waals surface area contributed by atoms with E-state index < -0.39 is 0 Å². The van der Waals surface area contributed by atoms with Crippen LogP contribution in [0.1, 0.15) is 11.1 Å². The van der Waals surface area contributed by atoms with Crippen LogP contribution in [0.4, 0.5) is 0 Å². The number of halogens is 1. The number of benzene rings is 2. The summed E-state index contributed by atoms with van der Waals surface area (Å²) in [5, 5.41) is 8.69. The number of hydrogen-bond donors (Lipinski definition) is 0. The Morgan fingerprint density at radius 2 is 1.83 bits per heavy atom. The molecule has 0 N–H and O–H groups in total. The molecule has 0 saturated carbocycles. The Kier molecular flexibility index (Phi) is 4.38. The van der Waals surface area contributed by atoms with Crippen molar-refractivity contribution >= 4 is 15.9 Å². The van der Waals surface area contributed by atoms with Gasteiger partial charge in [-0.25, -0.2) is 0 Å². The largest absolute Gasteiger partial charge is 0.488 e. The molecule has 18 heavy (non-hydrogen) atoms. The van der Waals surface area contributed by atoms with Gasteiger partial charge >= 0.3 is 0 Å². The van der Waals surface area contributed by atoms with Gasteiger partial charge < -0.3 is 4.74 Å². The van der Waals surface area contributed by atoms with Crippen molar-refractivity contribution in [3.8, 4) is 11.8 Å². The Morgan fingerprint density at radius 3 is 2.56 bits per heavy atom. The van der Waals surface area contributed by atoms with Gasteiger partial charge in [0.1, 0.15) is 12.4 Å². The highest BCUT2D eigenvalue weighted by Crippen LogP contribution is 2.27. The maximum atomic E-state index is 8.69. The second kappa shape index (κ2) is 6.23. The highest BCUT2D eigenvalue weighted by Gasteiger charge is 2.03. The van der Waals surface area contributed by atoms with E-state index in [2.05, 4.69) is 22.0 Å². The fraction of sp³-hybridized carbons (Fsp3) is 0.133. The van der Waals surface area contributed by atoms with Crippen LogP contribution in [0.3, 0.4) is 0 Å². The van der Waals surface area contributed by atoms with Crippen LogP contribution in [-0.4, -0.2) is 0 Å². The van der Waals surface area contributed by atoms with Crippen LogP contribution in [0, 0.1) is 11.3 Å². The number of ether oxygens (including phenoxy) is 1. The van der Waals surface area contributed by atoms with E-state index in [0.717, 1.165) is 21.3 Å². The van der Waals surface area contributed by atoms with E-state index in [0.29, 0.717) is 13.0 Å². The zero-order valence-electron chi connectivity index (χ0n) is 9.77. The summed E-state index contributed by atoms with van der Waals surface area (Å²) in [6.45, 7) is 0.523. The average Bonchev–Trinajstić information content (AvgIpc) is 2.41. The van der Waals surface area contributed by atoms with Crippen LogP contribution in [0.5, 0.6) is 5.75 Å². The summed E-state index contributed by atoms with van der Waals surface area (Å²) < 4.78 is 6.66. The van der Waals surface area contributed by atoms with Crippen LogP contribution in [0.25, 0.3) is 0 Å². The Bertz CT molecular complexity index is 560. The predicted molar refractivity (Wildman–Crippen MR) is 74.2 cm³/mol. The molecule has 0 unspecified atom stereocenters. The molecule has 3 heteroatoms. The maximum Gasteiger partial charge on any atom is 0.134 e. The summed E-state index contributed by atoms with van der Waals surface area (Å²) in [7, 11) is 0. The quantitative estimate of drug-likeness (QED) is 0.852. The third-order valence-electron chi connectivity index (χ3n) is 2.52. The van der Waals surface area contributed by atoms with Crippen molar-refractivity contribution in [2.75, 3.05) is 0 Å². The lowest BCUT2D eigenvalue weighted by Gasteiger charge is -2.09. The third-order valence-corrected chi connectivity index (χ3v) is 3.17. The normalized spacial score (nSPS) is 9.78. The lowest BCUT2D eigenvalue weighted by molar-refractivity contribution is 0.304. The van der Waals surface area contributed by atoms with E-state index >= 15 is 0 Å². The zero-order valence-corrected chi connectivity index (χ0v) is 11.4. The molecule has 0 fully saturated rings. The predicted octanol–water partition coefficient (Wildman–Crippen LogP) is 4.09. The van der Waals surface area contributed by atoms with Gasteiger partial charge in [-0.2, -0.15) is 5.26 Å². The minimum atomic E-state index is 0.398. The first-order valence-corrected chi connectivity index (χ1v) is 6.41. The minimum Gasteiger partial charge on any atom is -0.488 e. The van der Waals surface area contributed by atoms with Gasteiger partial charge in [-0.1, -0.05) is 36.4 Å². The van der Waals surface area contributed by atoms with E-state index in [-0.39, 0.29) is 0 Å². The summed E-state index contributed by atoms with van der Waals surface area (Å²) in [4.78, 5) is 0. The van der Waals surface area contributed by atoms with E-state index in [4.69, 9.17) is 10.00 Å². The molecule has 0 aliphatic heterocycles. The Balaban J connectivity index is 2.09. The van der Waals surface area contributed by atoms with Crippen molar-refractivity contribution in [2.45, 2.75) is 13.0 Å².